The third kappa shape index (κ3) is 1.86. The van der Waals surface area contributed by atoms with Gasteiger partial charge in [0.15, 0.2) is 5.43 Å². The molecule has 0 aliphatic heterocycles. The number of hydrogen-bond donors (Lipinski definition) is 1. The summed E-state index contributed by atoms with van der Waals surface area (Å²) in [7, 11) is 1.33. The average molecular weight is 267 g/mol. The van der Waals surface area contributed by atoms with E-state index in [0.717, 1.165) is 11.1 Å². The summed E-state index contributed by atoms with van der Waals surface area (Å²) < 4.78 is 4.69. The van der Waals surface area contributed by atoms with Crippen molar-refractivity contribution < 1.29 is 9.53 Å². The van der Waals surface area contributed by atoms with Crippen molar-refractivity contribution in [3.8, 4) is 0 Å². The van der Waals surface area contributed by atoms with Crippen molar-refractivity contribution in [1.82, 2.24) is 4.98 Å². The zero-order valence-corrected chi connectivity index (χ0v) is 11.2. The molecular formula is C16H13NO3. The number of H-pyrrole nitrogens is 1. The van der Waals surface area contributed by atoms with Gasteiger partial charge in [0.25, 0.3) is 0 Å². The van der Waals surface area contributed by atoms with Gasteiger partial charge in [0.1, 0.15) is 0 Å². The molecule has 20 heavy (non-hydrogen) atoms. The fraction of sp³-hybridized carbons (Fsp3) is 0.125. The highest BCUT2D eigenvalue weighted by Gasteiger charge is 2.10. The van der Waals surface area contributed by atoms with E-state index in [0.29, 0.717) is 21.9 Å². The molecule has 0 radical (unpaired) electrons. The summed E-state index contributed by atoms with van der Waals surface area (Å²) in [4.78, 5) is 27.2. The van der Waals surface area contributed by atoms with Gasteiger partial charge in [-0.3, -0.25) is 4.79 Å². The SMILES string of the molecule is COC(=O)c1ccc2c(=O)c3cc(C)ccc3[nH]c2c1. The number of esters is 1. The van der Waals surface area contributed by atoms with Gasteiger partial charge in [-0.15, -0.1) is 0 Å². The van der Waals surface area contributed by atoms with Crippen LogP contribution in [0, 0.1) is 6.92 Å². The number of benzene rings is 2. The number of aromatic amines is 1. The molecule has 0 saturated carbocycles. The summed E-state index contributed by atoms with van der Waals surface area (Å²) in [6.07, 6.45) is 0. The number of carbonyl (C=O) groups is 1. The number of ether oxygens (including phenoxy) is 1. The first-order valence-corrected chi connectivity index (χ1v) is 6.25. The van der Waals surface area contributed by atoms with Crippen molar-refractivity contribution in [2.45, 2.75) is 6.92 Å². The molecule has 4 heteroatoms. The molecule has 0 bridgehead atoms. The Morgan fingerprint density at radius 1 is 1.05 bits per heavy atom. The Labute approximate surface area is 115 Å². The lowest BCUT2D eigenvalue weighted by Gasteiger charge is -2.05. The summed E-state index contributed by atoms with van der Waals surface area (Å²) in [5.41, 5.74) is 2.81. The Kier molecular flexibility index (Phi) is 2.79. The third-order valence-corrected chi connectivity index (χ3v) is 3.37. The average Bonchev–Trinajstić information content (AvgIpc) is 2.47. The minimum atomic E-state index is -0.420. The second-order valence-corrected chi connectivity index (χ2v) is 4.76. The minimum Gasteiger partial charge on any atom is -0.465 e. The monoisotopic (exact) mass is 267 g/mol. The van der Waals surface area contributed by atoms with Crippen molar-refractivity contribution in [2.24, 2.45) is 0 Å². The smallest absolute Gasteiger partial charge is 0.337 e. The van der Waals surface area contributed by atoms with Crippen molar-refractivity contribution in [2.75, 3.05) is 7.11 Å². The van der Waals surface area contributed by atoms with Gasteiger partial charge in [-0.1, -0.05) is 11.6 Å². The van der Waals surface area contributed by atoms with E-state index in [4.69, 9.17) is 0 Å². The van der Waals surface area contributed by atoms with Gasteiger partial charge < -0.3 is 9.72 Å². The van der Waals surface area contributed by atoms with Crippen LogP contribution in [0.4, 0.5) is 0 Å². The van der Waals surface area contributed by atoms with E-state index in [2.05, 4.69) is 9.72 Å². The molecule has 0 unspecified atom stereocenters. The second-order valence-electron chi connectivity index (χ2n) is 4.76. The number of aryl methyl sites for hydroxylation is 1. The second kappa shape index (κ2) is 4.49. The first kappa shape index (κ1) is 12.4. The quantitative estimate of drug-likeness (QED) is 0.545. The fourth-order valence-corrected chi connectivity index (χ4v) is 2.34. The molecule has 0 spiro atoms. The van der Waals surface area contributed by atoms with Gasteiger partial charge in [0, 0.05) is 16.3 Å². The largest absolute Gasteiger partial charge is 0.465 e. The summed E-state index contributed by atoms with van der Waals surface area (Å²) in [5.74, 6) is -0.420. The number of hydrogen-bond acceptors (Lipinski definition) is 3. The van der Waals surface area contributed by atoms with Crippen LogP contribution in [-0.4, -0.2) is 18.1 Å². The highest BCUT2D eigenvalue weighted by Crippen LogP contribution is 2.17. The van der Waals surface area contributed by atoms with Crippen LogP contribution < -0.4 is 5.43 Å². The first-order chi connectivity index (χ1) is 9.60. The van der Waals surface area contributed by atoms with Gasteiger partial charge >= 0.3 is 5.97 Å². The summed E-state index contributed by atoms with van der Waals surface area (Å²) in [6.45, 7) is 1.95. The molecule has 0 aliphatic rings. The summed E-state index contributed by atoms with van der Waals surface area (Å²) >= 11 is 0. The third-order valence-electron chi connectivity index (χ3n) is 3.37. The van der Waals surface area contributed by atoms with Crippen molar-refractivity contribution in [1.29, 1.82) is 0 Å². The van der Waals surface area contributed by atoms with Crippen LogP contribution in [-0.2, 0) is 4.74 Å². The number of methoxy groups -OCH3 is 1. The molecule has 2 aromatic carbocycles. The Hall–Kier alpha value is -2.62. The number of fused-ring (bicyclic) bond motifs is 2. The predicted octanol–water partition coefficient (Wildman–Crippen LogP) is 2.78. The topological polar surface area (TPSA) is 59.2 Å². The Balaban J connectivity index is 2.38. The minimum absolute atomic E-state index is 0.0335. The molecule has 100 valence electrons. The van der Waals surface area contributed by atoms with Gasteiger partial charge in [-0.05, 0) is 37.3 Å². The van der Waals surface area contributed by atoms with Crippen LogP contribution in [0.3, 0.4) is 0 Å². The predicted molar refractivity (Wildman–Crippen MR) is 78.2 cm³/mol. The molecule has 1 aromatic heterocycles. The highest BCUT2D eigenvalue weighted by atomic mass is 16.5. The molecule has 0 aliphatic carbocycles. The normalized spacial score (nSPS) is 10.9. The molecule has 1 N–H and O–H groups in total. The van der Waals surface area contributed by atoms with Crippen molar-refractivity contribution in [3.05, 3.63) is 57.7 Å². The van der Waals surface area contributed by atoms with Crippen LogP contribution in [0.15, 0.2) is 41.2 Å². The van der Waals surface area contributed by atoms with Crippen LogP contribution >= 0.6 is 0 Å². The lowest BCUT2D eigenvalue weighted by Crippen LogP contribution is -2.06. The van der Waals surface area contributed by atoms with E-state index in [-0.39, 0.29) is 5.43 Å². The molecule has 0 amide bonds. The zero-order chi connectivity index (χ0) is 14.3. The molecule has 0 atom stereocenters. The zero-order valence-electron chi connectivity index (χ0n) is 11.2. The lowest BCUT2D eigenvalue weighted by atomic mass is 10.1. The van der Waals surface area contributed by atoms with E-state index in [1.165, 1.54) is 7.11 Å². The van der Waals surface area contributed by atoms with E-state index in [1.54, 1.807) is 18.2 Å². The molecule has 3 rings (SSSR count). The van der Waals surface area contributed by atoms with E-state index < -0.39 is 5.97 Å². The Morgan fingerprint density at radius 2 is 1.85 bits per heavy atom. The van der Waals surface area contributed by atoms with Gasteiger partial charge in [-0.2, -0.15) is 0 Å². The molecule has 0 saturated heterocycles. The van der Waals surface area contributed by atoms with Gasteiger partial charge in [0.2, 0.25) is 0 Å². The summed E-state index contributed by atoms with van der Waals surface area (Å²) in [5, 5.41) is 1.22. The molecule has 3 aromatic rings. The summed E-state index contributed by atoms with van der Waals surface area (Å²) in [6, 6.07) is 10.6. The van der Waals surface area contributed by atoms with Crippen LogP contribution in [0.25, 0.3) is 21.8 Å². The van der Waals surface area contributed by atoms with E-state index in [9.17, 15) is 9.59 Å². The Bertz CT molecular complexity index is 893. The van der Waals surface area contributed by atoms with Crippen LogP contribution in [0.2, 0.25) is 0 Å². The van der Waals surface area contributed by atoms with Gasteiger partial charge in [-0.25, -0.2) is 4.79 Å². The molecular weight excluding hydrogens is 254 g/mol. The lowest BCUT2D eigenvalue weighted by molar-refractivity contribution is 0.0601. The van der Waals surface area contributed by atoms with E-state index >= 15 is 0 Å². The fourth-order valence-electron chi connectivity index (χ4n) is 2.34. The van der Waals surface area contributed by atoms with E-state index in [1.807, 2.05) is 25.1 Å². The number of rotatable bonds is 1. The van der Waals surface area contributed by atoms with Crippen molar-refractivity contribution in [3.63, 3.8) is 0 Å². The molecule has 1 heterocycles. The van der Waals surface area contributed by atoms with Crippen molar-refractivity contribution >= 4 is 27.8 Å². The molecule has 0 fully saturated rings. The van der Waals surface area contributed by atoms with Crippen LogP contribution in [0.1, 0.15) is 15.9 Å². The maximum absolute atomic E-state index is 12.5. The standard InChI is InChI=1S/C16H13NO3/c1-9-3-6-13-12(7-9)15(18)11-5-4-10(16(19)20-2)8-14(11)17-13/h3-8H,1-2H3,(H,17,18). The number of aromatic nitrogens is 1. The first-order valence-electron chi connectivity index (χ1n) is 6.25. The number of carbonyl (C=O) groups excluding carboxylic acids is 1. The maximum Gasteiger partial charge on any atom is 0.337 e. The molecule has 4 nitrogen and oxygen atoms in total. The number of pyridine rings is 1. The maximum atomic E-state index is 12.5. The number of nitrogens with one attached hydrogen (secondary N) is 1. The highest BCUT2D eigenvalue weighted by molar-refractivity contribution is 5.97. The Morgan fingerprint density at radius 3 is 2.60 bits per heavy atom. The van der Waals surface area contributed by atoms with Crippen LogP contribution in [0.5, 0.6) is 0 Å². The van der Waals surface area contributed by atoms with Gasteiger partial charge in [0.05, 0.1) is 18.2 Å².